The highest BCUT2D eigenvalue weighted by Crippen LogP contribution is 2.25. The summed E-state index contributed by atoms with van der Waals surface area (Å²) in [6, 6.07) is 31.7. The Labute approximate surface area is 195 Å². The number of hydrogen-bond donors (Lipinski definition) is 0. The smallest absolute Gasteiger partial charge is 0.136 e. The largest absolute Gasteiger partial charge is 0.497 e. The first-order chi connectivity index (χ1) is 16.2. The molecule has 33 heavy (non-hydrogen) atoms. The lowest BCUT2D eigenvalue weighted by Crippen LogP contribution is -2.03. The third-order valence-corrected chi connectivity index (χ3v) is 6.44. The van der Waals surface area contributed by atoms with Crippen LogP contribution in [0.1, 0.15) is 11.1 Å². The van der Waals surface area contributed by atoms with Gasteiger partial charge in [-0.05, 0) is 52.7 Å². The Bertz CT molecular complexity index is 1500. The van der Waals surface area contributed by atoms with Crippen LogP contribution in [0.3, 0.4) is 0 Å². The topological polar surface area (TPSA) is 66.0 Å². The second-order valence-electron chi connectivity index (χ2n) is 7.17. The number of nitriles is 2. The highest BCUT2D eigenvalue weighted by molar-refractivity contribution is 7.08. The van der Waals surface area contributed by atoms with Crippen molar-refractivity contribution >= 4 is 22.5 Å². The van der Waals surface area contributed by atoms with Crippen molar-refractivity contribution in [1.29, 1.82) is 10.5 Å². The normalized spacial score (nSPS) is 10.1. The van der Waals surface area contributed by atoms with Gasteiger partial charge in [0.2, 0.25) is 0 Å². The van der Waals surface area contributed by atoms with Crippen molar-refractivity contribution in [2.24, 2.45) is 0 Å². The van der Waals surface area contributed by atoms with E-state index in [1.807, 2.05) is 60.7 Å². The first-order valence-corrected chi connectivity index (χ1v) is 11.0. The van der Waals surface area contributed by atoms with Crippen LogP contribution in [0.15, 0.2) is 84.9 Å². The SMILES string of the molecule is COc1ccc(C(c2ccc(OC)cc2)=c2ccc(=c3ccc(=C(C#N)C#N)cc3)s2)cc1. The molecule has 0 saturated carbocycles. The molecule has 1 heterocycles. The summed E-state index contributed by atoms with van der Waals surface area (Å²) in [7, 11) is 3.32. The van der Waals surface area contributed by atoms with Gasteiger partial charge in [0.25, 0.3) is 0 Å². The monoisotopic (exact) mass is 448 g/mol. The standard InChI is InChI=1S/C28H20N2O2S/c1-31-24-11-7-21(8-12-24)28(22-9-13-25(32-2)14-10-22)27-16-15-26(33-27)20-5-3-19(4-6-20)23(17-29)18-30/h3-16H,1-2H3. The van der Waals surface area contributed by atoms with Gasteiger partial charge >= 0.3 is 0 Å². The van der Waals surface area contributed by atoms with Gasteiger partial charge in [-0.2, -0.15) is 10.5 Å². The van der Waals surface area contributed by atoms with E-state index >= 15 is 0 Å². The first-order valence-electron chi connectivity index (χ1n) is 10.2. The van der Waals surface area contributed by atoms with E-state index in [4.69, 9.17) is 20.0 Å². The molecule has 0 amide bonds. The van der Waals surface area contributed by atoms with Gasteiger partial charge in [-0.25, -0.2) is 0 Å². The fraction of sp³-hybridized carbons (Fsp3) is 0.0714. The maximum Gasteiger partial charge on any atom is 0.136 e. The van der Waals surface area contributed by atoms with Crippen molar-refractivity contribution in [2.75, 3.05) is 14.2 Å². The molecule has 0 atom stereocenters. The zero-order chi connectivity index (χ0) is 23.2. The maximum atomic E-state index is 9.09. The van der Waals surface area contributed by atoms with E-state index in [0.29, 0.717) is 5.22 Å². The minimum Gasteiger partial charge on any atom is -0.497 e. The number of benzene rings is 3. The summed E-state index contributed by atoms with van der Waals surface area (Å²) in [4.78, 5) is 0. The van der Waals surface area contributed by atoms with Crippen molar-refractivity contribution in [3.63, 3.8) is 0 Å². The summed E-state index contributed by atoms with van der Waals surface area (Å²) in [5, 5.41) is 19.8. The van der Waals surface area contributed by atoms with Gasteiger partial charge in [0.1, 0.15) is 29.2 Å². The summed E-state index contributed by atoms with van der Waals surface area (Å²) in [5.41, 5.74) is 3.42. The summed E-state index contributed by atoms with van der Waals surface area (Å²) in [6.07, 6.45) is 0. The van der Waals surface area contributed by atoms with Crippen molar-refractivity contribution in [1.82, 2.24) is 0 Å². The minimum atomic E-state index is 0.114. The Morgan fingerprint density at radius 1 is 0.667 bits per heavy atom. The predicted molar refractivity (Wildman–Crippen MR) is 130 cm³/mol. The molecular weight excluding hydrogens is 428 g/mol. The van der Waals surface area contributed by atoms with Crippen LogP contribution in [-0.2, 0) is 0 Å². The summed E-state index contributed by atoms with van der Waals surface area (Å²) in [6.45, 7) is 0. The number of rotatable bonds is 4. The fourth-order valence-corrected chi connectivity index (χ4v) is 4.65. The van der Waals surface area contributed by atoms with Crippen molar-refractivity contribution in [3.8, 4) is 23.6 Å². The molecule has 1 aromatic heterocycles. The van der Waals surface area contributed by atoms with E-state index in [1.54, 1.807) is 25.6 Å². The maximum absolute atomic E-state index is 9.09. The molecule has 4 rings (SSSR count). The van der Waals surface area contributed by atoms with E-state index in [-0.39, 0.29) is 5.57 Å². The Balaban J connectivity index is 1.95. The molecular formula is C28H20N2O2S. The Morgan fingerprint density at radius 2 is 1.18 bits per heavy atom. The molecule has 0 aliphatic carbocycles. The zero-order valence-electron chi connectivity index (χ0n) is 18.2. The quantitative estimate of drug-likeness (QED) is 0.461. The number of methoxy groups -OCH3 is 2. The van der Waals surface area contributed by atoms with Gasteiger partial charge in [0, 0.05) is 19.9 Å². The van der Waals surface area contributed by atoms with Gasteiger partial charge < -0.3 is 9.47 Å². The molecule has 0 fully saturated rings. The van der Waals surface area contributed by atoms with Gasteiger partial charge in [-0.1, -0.05) is 48.5 Å². The van der Waals surface area contributed by atoms with Gasteiger partial charge in [0.15, 0.2) is 0 Å². The molecule has 0 saturated heterocycles. The van der Waals surface area contributed by atoms with Crippen LogP contribution >= 0.6 is 11.3 Å². The molecule has 3 aromatic carbocycles. The Hall–Kier alpha value is -4.32. The molecule has 0 aliphatic rings. The summed E-state index contributed by atoms with van der Waals surface area (Å²) in [5.74, 6) is 1.62. The van der Waals surface area contributed by atoms with Crippen LogP contribution in [0.4, 0.5) is 0 Å². The van der Waals surface area contributed by atoms with E-state index in [9.17, 15) is 0 Å². The third-order valence-electron chi connectivity index (χ3n) is 5.29. The second-order valence-corrected chi connectivity index (χ2v) is 8.26. The minimum absolute atomic E-state index is 0.114. The summed E-state index contributed by atoms with van der Waals surface area (Å²) < 4.78 is 12.9. The van der Waals surface area contributed by atoms with E-state index in [0.717, 1.165) is 42.5 Å². The lowest BCUT2D eigenvalue weighted by molar-refractivity contribution is 0.414. The molecule has 4 nitrogen and oxygen atoms in total. The van der Waals surface area contributed by atoms with Crippen LogP contribution in [0, 0.1) is 32.4 Å². The van der Waals surface area contributed by atoms with E-state index < -0.39 is 0 Å². The molecule has 4 aromatic rings. The zero-order valence-corrected chi connectivity index (χ0v) is 19.0. The molecule has 0 spiro atoms. The van der Waals surface area contributed by atoms with E-state index in [1.165, 1.54) is 0 Å². The lowest BCUT2D eigenvalue weighted by Gasteiger charge is -2.10. The van der Waals surface area contributed by atoms with Gasteiger partial charge in [0.05, 0.1) is 14.2 Å². The van der Waals surface area contributed by atoms with Crippen LogP contribution in [0.5, 0.6) is 11.5 Å². The third kappa shape index (κ3) is 4.65. The number of hydrogen-bond acceptors (Lipinski definition) is 5. The molecule has 0 radical (unpaired) electrons. The first kappa shape index (κ1) is 21.9. The highest BCUT2D eigenvalue weighted by Gasteiger charge is 2.09. The average Bonchev–Trinajstić information content (AvgIpc) is 3.36. The van der Waals surface area contributed by atoms with Crippen LogP contribution in [-0.4, -0.2) is 14.2 Å². The molecule has 0 bridgehead atoms. The average molecular weight is 449 g/mol. The van der Waals surface area contributed by atoms with Crippen molar-refractivity contribution in [3.05, 3.63) is 116 Å². The van der Waals surface area contributed by atoms with E-state index in [2.05, 4.69) is 36.4 Å². The highest BCUT2D eigenvalue weighted by atomic mass is 32.1. The second kappa shape index (κ2) is 9.87. The van der Waals surface area contributed by atoms with Crippen LogP contribution in [0.2, 0.25) is 0 Å². The van der Waals surface area contributed by atoms with Gasteiger partial charge in [-0.3, -0.25) is 0 Å². The summed E-state index contributed by atoms with van der Waals surface area (Å²) >= 11 is 1.69. The number of nitrogens with zero attached hydrogens (tertiary/aromatic N) is 2. The van der Waals surface area contributed by atoms with Crippen LogP contribution in [0.25, 0.3) is 11.1 Å². The predicted octanol–water partition coefficient (Wildman–Crippen LogP) is 4.50. The molecule has 0 aliphatic heterocycles. The number of thiophene rings is 1. The Kier molecular flexibility index (Phi) is 6.55. The lowest BCUT2D eigenvalue weighted by atomic mass is 9.98. The van der Waals surface area contributed by atoms with Crippen molar-refractivity contribution in [2.45, 2.75) is 0 Å². The van der Waals surface area contributed by atoms with Crippen LogP contribution < -0.4 is 19.2 Å². The molecule has 160 valence electrons. The van der Waals surface area contributed by atoms with Crippen molar-refractivity contribution < 1.29 is 9.47 Å². The Morgan fingerprint density at radius 3 is 1.64 bits per heavy atom. The molecule has 5 heteroatoms. The number of ether oxygens (including phenoxy) is 2. The van der Waals surface area contributed by atoms with Gasteiger partial charge in [-0.15, -0.1) is 11.3 Å². The fourth-order valence-electron chi connectivity index (χ4n) is 3.55. The molecule has 0 unspecified atom stereocenters. The molecule has 0 N–H and O–H groups in total.